The highest BCUT2D eigenvalue weighted by Gasteiger charge is 2.54. The van der Waals surface area contributed by atoms with E-state index in [1.807, 2.05) is 0 Å². The molecule has 0 bridgehead atoms. The van der Waals surface area contributed by atoms with Gasteiger partial charge in [0, 0.05) is 31.6 Å². The van der Waals surface area contributed by atoms with Gasteiger partial charge >= 0.3 is 0 Å². The maximum absolute atomic E-state index is 11.9. The lowest BCUT2D eigenvalue weighted by atomic mass is 9.60. The van der Waals surface area contributed by atoms with Crippen LogP contribution in [-0.2, 0) is 4.79 Å². The maximum atomic E-state index is 11.9. The number of nitrogens with one attached hydrogen (secondary N) is 1. The van der Waals surface area contributed by atoms with Crippen LogP contribution < -0.4 is 5.32 Å². The fourth-order valence-corrected chi connectivity index (χ4v) is 5.40. The minimum absolute atomic E-state index is 0.434. The zero-order valence-corrected chi connectivity index (χ0v) is 17.6. The van der Waals surface area contributed by atoms with Crippen LogP contribution in [0.4, 0.5) is 0 Å². The first-order valence-corrected chi connectivity index (χ1v) is 11.4. The Bertz CT molecular complexity index is 697. The summed E-state index contributed by atoms with van der Waals surface area (Å²) in [5.74, 6) is 1.17. The third-order valence-corrected chi connectivity index (χ3v) is 6.96. The Morgan fingerprint density at radius 3 is 2.64 bits per heavy atom. The van der Waals surface area contributed by atoms with Gasteiger partial charge in [0.15, 0.2) is 0 Å². The SMILES string of the molecule is CCCCC(=O)CN1CC2(CC(N[C@@H]3C[C@H]3/C(=C/c3ccccc3)CC)C2)C1. The molecule has 1 saturated heterocycles. The Morgan fingerprint density at radius 1 is 1.21 bits per heavy atom. The standard InChI is InChI=1S/C25H36N2O/c1-3-5-11-22(28)16-27-17-25(18-27)14-21(15-25)26-24-13-23(24)20(4-2)12-19-9-7-6-8-10-19/h6-10,12,21,23-24,26H,3-5,11,13-18H2,1-2H3/b20-12+/t23-,24+/m0/s1. The zero-order chi connectivity index (χ0) is 19.6. The van der Waals surface area contributed by atoms with Crippen molar-refractivity contribution in [2.45, 2.75) is 70.9 Å². The van der Waals surface area contributed by atoms with E-state index in [0.29, 0.717) is 29.8 Å². The molecular formula is C25H36N2O. The van der Waals surface area contributed by atoms with Crippen LogP contribution in [0.3, 0.4) is 0 Å². The average Bonchev–Trinajstić information content (AvgIpc) is 3.40. The average molecular weight is 381 g/mol. The molecule has 1 aromatic carbocycles. The third kappa shape index (κ3) is 4.58. The summed E-state index contributed by atoms with van der Waals surface area (Å²) in [6.07, 6.45) is 10.4. The highest BCUT2D eigenvalue weighted by atomic mass is 16.1. The molecule has 3 aliphatic rings. The van der Waals surface area contributed by atoms with Gasteiger partial charge < -0.3 is 5.32 Å². The number of rotatable bonds is 10. The van der Waals surface area contributed by atoms with Gasteiger partial charge in [-0.3, -0.25) is 9.69 Å². The normalized spacial score (nSPS) is 26.7. The van der Waals surface area contributed by atoms with Crippen molar-refractivity contribution in [2.24, 2.45) is 11.3 Å². The van der Waals surface area contributed by atoms with Crippen LogP contribution in [0.2, 0.25) is 0 Å². The van der Waals surface area contributed by atoms with E-state index in [-0.39, 0.29) is 0 Å². The lowest BCUT2D eigenvalue weighted by Crippen LogP contribution is -2.66. The van der Waals surface area contributed by atoms with E-state index in [1.54, 1.807) is 5.57 Å². The van der Waals surface area contributed by atoms with Crippen molar-refractivity contribution >= 4 is 11.9 Å². The number of carbonyl (C=O) groups excluding carboxylic acids is 1. The largest absolute Gasteiger partial charge is 0.311 e. The Labute approximate surface area is 170 Å². The van der Waals surface area contributed by atoms with E-state index in [2.05, 4.69) is 60.5 Å². The minimum Gasteiger partial charge on any atom is -0.311 e. The van der Waals surface area contributed by atoms with Crippen molar-refractivity contribution in [1.29, 1.82) is 0 Å². The number of carbonyl (C=O) groups is 1. The number of Topliss-reactive ketones (excluding diaryl/α,β-unsaturated/α-hetero) is 1. The molecular weight excluding hydrogens is 344 g/mol. The van der Waals surface area contributed by atoms with Crippen LogP contribution in [0.25, 0.3) is 6.08 Å². The van der Waals surface area contributed by atoms with E-state index in [1.165, 1.54) is 24.8 Å². The molecule has 0 aromatic heterocycles. The molecule has 4 rings (SSSR count). The predicted molar refractivity (Wildman–Crippen MR) is 116 cm³/mol. The summed E-state index contributed by atoms with van der Waals surface area (Å²) >= 11 is 0. The van der Waals surface area contributed by atoms with Crippen molar-refractivity contribution in [3.05, 3.63) is 41.5 Å². The van der Waals surface area contributed by atoms with Crippen LogP contribution in [0.5, 0.6) is 0 Å². The lowest BCUT2D eigenvalue weighted by molar-refractivity contribution is -0.128. The second-order valence-corrected chi connectivity index (χ2v) is 9.49. The van der Waals surface area contributed by atoms with Gasteiger partial charge in [-0.15, -0.1) is 0 Å². The topological polar surface area (TPSA) is 32.3 Å². The third-order valence-electron chi connectivity index (χ3n) is 6.96. The smallest absolute Gasteiger partial charge is 0.146 e. The fraction of sp³-hybridized carbons (Fsp3) is 0.640. The lowest BCUT2D eigenvalue weighted by Gasteiger charge is -2.59. The van der Waals surface area contributed by atoms with E-state index in [9.17, 15) is 4.79 Å². The Kier molecular flexibility index (Phi) is 6.03. The van der Waals surface area contributed by atoms with Crippen LogP contribution in [0.15, 0.2) is 35.9 Å². The first-order valence-electron chi connectivity index (χ1n) is 11.4. The molecule has 1 aliphatic heterocycles. The van der Waals surface area contributed by atoms with E-state index >= 15 is 0 Å². The fourth-order valence-electron chi connectivity index (χ4n) is 5.40. The molecule has 3 fully saturated rings. The minimum atomic E-state index is 0.434. The maximum Gasteiger partial charge on any atom is 0.146 e. The Morgan fingerprint density at radius 2 is 1.96 bits per heavy atom. The van der Waals surface area contributed by atoms with Crippen LogP contribution in [0.1, 0.15) is 64.4 Å². The van der Waals surface area contributed by atoms with Gasteiger partial charge in [0.1, 0.15) is 5.78 Å². The summed E-state index contributed by atoms with van der Waals surface area (Å²) in [4.78, 5) is 14.3. The van der Waals surface area contributed by atoms with Crippen LogP contribution in [-0.4, -0.2) is 42.4 Å². The van der Waals surface area contributed by atoms with Crippen molar-refractivity contribution in [1.82, 2.24) is 10.2 Å². The molecule has 0 radical (unpaired) electrons. The predicted octanol–water partition coefficient (Wildman–Crippen LogP) is 4.68. The first-order chi connectivity index (χ1) is 13.6. The summed E-state index contributed by atoms with van der Waals surface area (Å²) < 4.78 is 0. The van der Waals surface area contributed by atoms with E-state index in [0.717, 1.165) is 44.7 Å². The molecule has 3 heteroatoms. The van der Waals surface area contributed by atoms with Gasteiger partial charge in [-0.2, -0.15) is 0 Å². The van der Waals surface area contributed by atoms with Crippen molar-refractivity contribution in [3.63, 3.8) is 0 Å². The van der Waals surface area contributed by atoms with Gasteiger partial charge in [0.05, 0.1) is 6.54 Å². The first kappa shape index (κ1) is 19.8. The molecule has 2 saturated carbocycles. The summed E-state index contributed by atoms with van der Waals surface area (Å²) in [6, 6.07) is 12.1. The number of hydrogen-bond donors (Lipinski definition) is 1. The van der Waals surface area contributed by atoms with Gasteiger partial charge in [0.25, 0.3) is 0 Å². The van der Waals surface area contributed by atoms with Crippen molar-refractivity contribution in [2.75, 3.05) is 19.6 Å². The molecule has 3 nitrogen and oxygen atoms in total. The Balaban J connectivity index is 1.17. The van der Waals surface area contributed by atoms with E-state index < -0.39 is 0 Å². The molecule has 2 aliphatic carbocycles. The van der Waals surface area contributed by atoms with Gasteiger partial charge in [0.2, 0.25) is 0 Å². The highest BCUT2D eigenvalue weighted by Crippen LogP contribution is 2.50. The molecule has 1 N–H and O–H groups in total. The molecule has 1 aromatic rings. The molecule has 1 spiro atoms. The number of benzene rings is 1. The van der Waals surface area contributed by atoms with Gasteiger partial charge in [-0.1, -0.05) is 62.2 Å². The molecule has 0 amide bonds. The number of nitrogens with zero attached hydrogens (tertiary/aromatic N) is 1. The molecule has 0 unspecified atom stereocenters. The molecule has 2 atom stereocenters. The molecule has 152 valence electrons. The highest BCUT2D eigenvalue weighted by molar-refractivity contribution is 5.80. The summed E-state index contributed by atoms with van der Waals surface area (Å²) in [6.45, 7) is 7.41. The quantitative estimate of drug-likeness (QED) is 0.639. The second-order valence-electron chi connectivity index (χ2n) is 9.49. The van der Waals surface area contributed by atoms with Gasteiger partial charge in [-0.25, -0.2) is 0 Å². The Hall–Kier alpha value is -1.45. The molecule has 28 heavy (non-hydrogen) atoms. The monoisotopic (exact) mass is 380 g/mol. The zero-order valence-electron chi connectivity index (χ0n) is 17.6. The van der Waals surface area contributed by atoms with Crippen LogP contribution >= 0.6 is 0 Å². The van der Waals surface area contributed by atoms with Crippen LogP contribution in [0, 0.1) is 11.3 Å². The summed E-state index contributed by atoms with van der Waals surface area (Å²) in [5, 5.41) is 3.92. The number of ketones is 1. The van der Waals surface area contributed by atoms with Gasteiger partial charge in [-0.05, 0) is 49.0 Å². The number of hydrogen-bond acceptors (Lipinski definition) is 3. The number of likely N-dealkylation sites (tertiary alicyclic amines) is 1. The number of unbranched alkanes of at least 4 members (excludes halogenated alkanes) is 1. The molecule has 1 heterocycles. The summed E-state index contributed by atoms with van der Waals surface area (Å²) in [5.41, 5.74) is 3.45. The van der Waals surface area contributed by atoms with Crippen molar-refractivity contribution in [3.8, 4) is 0 Å². The summed E-state index contributed by atoms with van der Waals surface area (Å²) in [7, 11) is 0. The van der Waals surface area contributed by atoms with E-state index in [4.69, 9.17) is 0 Å². The van der Waals surface area contributed by atoms with Crippen molar-refractivity contribution < 1.29 is 4.79 Å². The second kappa shape index (κ2) is 8.51.